The Morgan fingerprint density at radius 3 is 2.64 bits per heavy atom. The molecule has 1 heterocycles. The van der Waals surface area contributed by atoms with Gasteiger partial charge in [0.1, 0.15) is 12.1 Å². The number of nitrogens with zero attached hydrogens (tertiary/aromatic N) is 1. The number of oxazole rings is 1. The van der Waals surface area contributed by atoms with Gasteiger partial charge in [-0.25, -0.2) is 17.8 Å². The molecule has 0 atom stereocenters. The molecule has 0 aliphatic heterocycles. The lowest BCUT2D eigenvalue weighted by Gasteiger charge is -2.09. The second kappa shape index (κ2) is 5.61. The molecule has 3 aromatic rings. The smallest absolute Gasteiger partial charge is 0.261 e. The molecule has 5 nitrogen and oxygen atoms in total. The maximum absolute atomic E-state index is 13.2. The Hall–Kier alpha value is -2.67. The Labute approximate surface area is 126 Å². The summed E-state index contributed by atoms with van der Waals surface area (Å²) in [6, 6.07) is 11.4. The standard InChI is InChI=1S/C15H11FN2O3S/c16-12-4-2-6-14(10-12)22(19,20)18-13-5-1-3-11(9-13)15-17-7-8-21-15/h1-10,18H. The van der Waals surface area contributed by atoms with Crippen LogP contribution in [0.1, 0.15) is 0 Å². The summed E-state index contributed by atoms with van der Waals surface area (Å²) in [6.07, 6.45) is 2.93. The third-order valence-electron chi connectivity index (χ3n) is 2.90. The van der Waals surface area contributed by atoms with Gasteiger partial charge in [0.25, 0.3) is 10.0 Å². The minimum atomic E-state index is -3.86. The largest absolute Gasteiger partial charge is 0.445 e. The molecule has 22 heavy (non-hydrogen) atoms. The fourth-order valence-electron chi connectivity index (χ4n) is 1.93. The normalized spacial score (nSPS) is 11.3. The van der Waals surface area contributed by atoms with Crippen molar-refractivity contribution in [3.05, 3.63) is 66.8 Å². The fraction of sp³-hybridized carbons (Fsp3) is 0. The Bertz CT molecular complexity index is 893. The van der Waals surface area contributed by atoms with Crippen molar-refractivity contribution in [2.45, 2.75) is 4.90 Å². The van der Waals surface area contributed by atoms with E-state index in [1.54, 1.807) is 24.3 Å². The Morgan fingerprint density at radius 1 is 1.09 bits per heavy atom. The average molecular weight is 318 g/mol. The molecule has 0 bridgehead atoms. The first-order chi connectivity index (χ1) is 10.5. The molecule has 7 heteroatoms. The number of hydrogen-bond donors (Lipinski definition) is 1. The lowest BCUT2D eigenvalue weighted by atomic mass is 10.2. The highest BCUT2D eigenvalue weighted by Crippen LogP contribution is 2.23. The fourth-order valence-corrected chi connectivity index (χ4v) is 3.01. The molecule has 0 saturated heterocycles. The van der Waals surface area contributed by atoms with E-state index < -0.39 is 15.8 Å². The van der Waals surface area contributed by atoms with Crippen LogP contribution in [-0.2, 0) is 10.0 Å². The topological polar surface area (TPSA) is 72.2 Å². The number of rotatable bonds is 4. The van der Waals surface area contributed by atoms with Gasteiger partial charge in [-0.3, -0.25) is 4.72 Å². The third kappa shape index (κ3) is 2.99. The molecule has 1 aromatic heterocycles. The third-order valence-corrected chi connectivity index (χ3v) is 4.28. The summed E-state index contributed by atoms with van der Waals surface area (Å²) in [5.74, 6) is -0.233. The summed E-state index contributed by atoms with van der Waals surface area (Å²) in [5, 5.41) is 0. The van der Waals surface area contributed by atoms with Crippen LogP contribution < -0.4 is 4.72 Å². The van der Waals surface area contributed by atoms with Gasteiger partial charge in [-0.05, 0) is 36.4 Å². The van der Waals surface area contributed by atoms with Gasteiger partial charge in [-0.15, -0.1) is 0 Å². The van der Waals surface area contributed by atoms with Crippen molar-refractivity contribution in [2.24, 2.45) is 0 Å². The lowest BCUT2D eigenvalue weighted by Crippen LogP contribution is -2.13. The van der Waals surface area contributed by atoms with E-state index in [1.807, 2.05) is 0 Å². The molecule has 0 fully saturated rings. The maximum Gasteiger partial charge on any atom is 0.261 e. The Kier molecular flexibility index (Phi) is 3.64. The number of hydrogen-bond acceptors (Lipinski definition) is 4. The van der Waals surface area contributed by atoms with Gasteiger partial charge in [0, 0.05) is 11.3 Å². The van der Waals surface area contributed by atoms with Crippen molar-refractivity contribution in [2.75, 3.05) is 4.72 Å². The van der Waals surface area contributed by atoms with Crippen LogP contribution in [0.25, 0.3) is 11.5 Å². The highest BCUT2D eigenvalue weighted by atomic mass is 32.2. The van der Waals surface area contributed by atoms with Crippen LogP contribution in [0.2, 0.25) is 0 Å². The molecule has 0 saturated carbocycles. The van der Waals surface area contributed by atoms with Gasteiger partial charge < -0.3 is 4.42 Å². The number of benzene rings is 2. The number of aromatic nitrogens is 1. The van der Waals surface area contributed by atoms with E-state index in [9.17, 15) is 12.8 Å². The van der Waals surface area contributed by atoms with Crippen LogP contribution in [0.5, 0.6) is 0 Å². The summed E-state index contributed by atoms with van der Waals surface area (Å²) >= 11 is 0. The van der Waals surface area contributed by atoms with Gasteiger partial charge in [-0.1, -0.05) is 12.1 Å². The van der Waals surface area contributed by atoms with Gasteiger partial charge >= 0.3 is 0 Å². The van der Waals surface area contributed by atoms with Crippen LogP contribution in [0.3, 0.4) is 0 Å². The zero-order valence-electron chi connectivity index (χ0n) is 11.2. The zero-order valence-corrected chi connectivity index (χ0v) is 12.0. The van der Waals surface area contributed by atoms with E-state index in [0.29, 0.717) is 17.1 Å². The molecule has 3 rings (SSSR count). The van der Waals surface area contributed by atoms with Gasteiger partial charge in [-0.2, -0.15) is 0 Å². The molecule has 0 spiro atoms. The molecule has 112 valence electrons. The molecular weight excluding hydrogens is 307 g/mol. The molecule has 0 radical (unpaired) electrons. The first-order valence-electron chi connectivity index (χ1n) is 6.33. The monoisotopic (exact) mass is 318 g/mol. The molecular formula is C15H11FN2O3S. The zero-order chi connectivity index (χ0) is 15.6. The van der Waals surface area contributed by atoms with Gasteiger partial charge in [0.05, 0.1) is 11.1 Å². The summed E-state index contributed by atoms with van der Waals surface area (Å²) < 4.78 is 45.2. The second-order valence-electron chi connectivity index (χ2n) is 4.48. The van der Waals surface area contributed by atoms with Crippen molar-refractivity contribution in [3.8, 4) is 11.5 Å². The van der Waals surface area contributed by atoms with Gasteiger partial charge in [0.15, 0.2) is 0 Å². The van der Waals surface area contributed by atoms with E-state index in [4.69, 9.17) is 4.42 Å². The molecule has 1 N–H and O–H groups in total. The molecule has 0 amide bonds. The van der Waals surface area contributed by atoms with Crippen LogP contribution in [0, 0.1) is 5.82 Å². The van der Waals surface area contributed by atoms with E-state index in [0.717, 1.165) is 6.07 Å². The Balaban J connectivity index is 1.91. The number of halogens is 1. The van der Waals surface area contributed by atoms with Crippen LogP contribution in [-0.4, -0.2) is 13.4 Å². The summed E-state index contributed by atoms with van der Waals surface area (Å²) in [4.78, 5) is 3.86. The van der Waals surface area contributed by atoms with E-state index in [-0.39, 0.29) is 4.90 Å². The first-order valence-corrected chi connectivity index (χ1v) is 7.81. The van der Waals surface area contributed by atoms with Gasteiger partial charge in [0.2, 0.25) is 5.89 Å². The van der Waals surface area contributed by atoms with Crippen LogP contribution in [0.15, 0.2) is 70.3 Å². The molecule has 2 aromatic carbocycles. The van der Waals surface area contributed by atoms with Crippen molar-refractivity contribution in [1.82, 2.24) is 4.98 Å². The first kappa shape index (κ1) is 14.3. The van der Waals surface area contributed by atoms with Crippen molar-refractivity contribution >= 4 is 15.7 Å². The average Bonchev–Trinajstić information content (AvgIpc) is 3.01. The number of anilines is 1. The van der Waals surface area contributed by atoms with E-state index >= 15 is 0 Å². The highest BCUT2D eigenvalue weighted by molar-refractivity contribution is 7.92. The molecule has 0 unspecified atom stereocenters. The Morgan fingerprint density at radius 2 is 1.91 bits per heavy atom. The van der Waals surface area contributed by atoms with Crippen molar-refractivity contribution in [3.63, 3.8) is 0 Å². The minimum Gasteiger partial charge on any atom is -0.445 e. The second-order valence-corrected chi connectivity index (χ2v) is 6.16. The van der Waals surface area contributed by atoms with Crippen molar-refractivity contribution in [1.29, 1.82) is 0 Å². The predicted octanol–water partition coefficient (Wildman–Crippen LogP) is 3.28. The number of nitrogens with one attached hydrogen (secondary N) is 1. The lowest BCUT2D eigenvalue weighted by molar-refractivity contribution is 0.574. The summed E-state index contributed by atoms with van der Waals surface area (Å²) in [7, 11) is -3.86. The summed E-state index contributed by atoms with van der Waals surface area (Å²) in [5.41, 5.74) is 0.962. The van der Waals surface area contributed by atoms with E-state index in [2.05, 4.69) is 9.71 Å². The van der Waals surface area contributed by atoms with Crippen LogP contribution >= 0.6 is 0 Å². The molecule has 0 aliphatic carbocycles. The quantitative estimate of drug-likeness (QED) is 0.801. The van der Waals surface area contributed by atoms with E-state index in [1.165, 1.54) is 30.7 Å². The number of sulfonamides is 1. The van der Waals surface area contributed by atoms with Crippen molar-refractivity contribution < 1.29 is 17.2 Å². The molecule has 0 aliphatic rings. The highest BCUT2D eigenvalue weighted by Gasteiger charge is 2.15. The minimum absolute atomic E-state index is 0.144. The maximum atomic E-state index is 13.2. The van der Waals surface area contributed by atoms with Crippen LogP contribution in [0.4, 0.5) is 10.1 Å². The SMILES string of the molecule is O=S(=O)(Nc1cccc(-c2ncco2)c1)c1cccc(F)c1. The summed E-state index contributed by atoms with van der Waals surface area (Å²) in [6.45, 7) is 0. The predicted molar refractivity (Wildman–Crippen MR) is 79.1 cm³/mol.